The maximum Gasteiger partial charge on any atom is 0.231 e. The monoisotopic (exact) mass is 224 g/mol. The Balaban J connectivity index is 1.96. The number of hydrogen-bond donors (Lipinski definition) is 1. The minimum absolute atomic E-state index is 0.389. The highest BCUT2D eigenvalue weighted by atomic mass is 16.5. The molecule has 1 N–H and O–H groups in total. The third-order valence-electron chi connectivity index (χ3n) is 3.10. The van der Waals surface area contributed by atoms with Crippen LogP contribution in [0.4, 0.5) is 0 Å². The maximum absolute atomic E-state index is 5.33. The molecule has 90 valence electrons. The predicted molar refractivity (Wildman–Crippen MR) is 61.3 cm³/mol. The van der Waals surface area contributed by atoms with Crippen LogP contribution >= 0.6 is 0 Å². The highest BCUT2D eigenvalue weighted by Crippen LogP contribution is 2.26. The minimum Gasteiger partial charge on any atom is -0.339 e. The molecule has 0 amide bonds. The van der Waals surface area contributed by atoms with Gasteiger partial charge in [-0.3, -0.25) is 0 Å². The van der Waals surface area contributed by atoms with Gasteiger partial charge in [-0.1, -0.05) is 12.1 Å². The van der Waals surface area contributed by atoms with E-state index in [4.69, 9.17) is 4.52 Å². The number of hydrogen-bond acceptors (Lipinski definition) is 5. The highest BCUT2D eigenvalue weighted by Gasteiger charge is 2.29. The van der Waals surface area contributed by atoms with E-state index in [0.29, 0.717) is 11.8 Å². The Labute approximate surface area is 96.2 Å². The molecule has 0 radical (unpaired) electrons. The van der Waals surface area contributed by atoms with Crippen LogP contribution in [0.5, 0.6) is 0 Å². The van der Waals surface area contributed by atoms with Gasteiger partial charge < -0.3 is 14.7 Å². The average Bonchev–Trinajstić information content (AvgIpc) is 2.83. The van der Waals surface area contributed by atoms with E-state index in [-0.39, 0.29) is 0 Å². The van der Waals surface area contributed by atoms with Gasteiger partial charge in [0.15, 0.2) is 5.82 Å². The fourth-order valence-corrected chi connectivity index (χ4v) is 1.98. The first-order valence-corrected chi connectivity index (χ1v) is 5.84. The first-order valence-electron chi connectivity index (χ1n) is 5.84. The molecule has 1 aromatic heterocycles. The lowest BCUT2D eigenvalue weighted by Gasteiger charge is -2.07. The Bertz CT molecular complexity index is 336. The quantitative estimate of drug-likeness (QED) is 0.807. The summed E-state index contributed by atoms with van der Waals surface area (Å²) >= 11 is 0. The van der Waals surface area contributed by atoms with E-state index in [1.807, 2.05) is 14.1 Å². The second-order valence-corrected chi connectivity index (χ2v) is 4.84. The van der Waals surface area contributed by atoms with Crippen molar-refractivity contribution >= 4 is 0 Å². The van der Waals surface area contributed by atoms with Gasteiger partial charge in [-0.05, 0) is 26.6 Å². The van der Waals surface area contributed by atoms with Crippen LogP contribution in [0.25, 0.3) is 0 Å². The minimum atomic E-state index is 0.389. The van der Waals surface area contributed by atoms with Gasteiger partial charge in [0.25, 0.3) is 0 Å². The second kappa shape index (κ2) is 4.93. The van der Waals surface area contributed by atoms with Gasteiger partial charge in [0.2, 0.25) is 5.89 Å². The number of likely N-dealkylation sites (N-methyl/N-ethyl adjacent to an activating group) is 1. The lowest BCUT2D eigenvalue weighted by Crippen LogP contribution is -2.15. The van der Waals surface area contributed by atoms with Gasteiger partial charge in [-0.25, -0.2) is 0 Å². The molecule has 0 bridgehead atoms. The molecule has 0 aliphatic carbocycles. The van der Waals surface area contributed by atoms with Gasteiger partial charge >= 0.3 is 0 Å². The summed E-state index contributed by atoms with van der Waals surface area (Å²) in [5.74, 6) is 2.59. The van der Waals surface area contributed by atoms with Crippen molar-refractivity contribution in [1.82, 2.24) is 20.4 Å². The predicted octanol–water partition coefficient (Wildman–Crippen LogP) is 0.497. The van der Waals surface area contributed by atoms with Crippen LogP contribution in [-0.4, -0.2) is 48.8 Å². The van der Waals surface area contributed by atoms with Crippen molar-refractivity contribution in [1.29, 1.82) is 0 Å². The van der Waals surface area contributed by atoms with E-state index in [1.54, 1.807) is 0 Å². The molecule has 16 heavy (non-hydrogen) atoms. The molecule has 1 fully saturated rings. The molecule has 1 aliphatic rings. The second-order valence-electron chi connectivity index (χ2n) is 4.84. The summed E-state index contributed by atoms with van der Waals surface area (Å²) in [6.07, 6.45) is 0.852. The summed E-state index contributed by atoms with van der Waals surface area (Å²) in [4.78, 5) is 6.59. The average molecular weight is 224 g/mol. The van der Waals surface area contributed by atoms with Crippen LogP contribution in [0, 0.1) is 5.92 Å². The standard InChI is InChI=1S/C11H20N4O/c1-8-6-12-7-9(8)11-13-10(14-16-11)4-5-15(2)3/h8-9,12H,4-7H2,1-3H3. The molecular weight excluding hydrogens is 204 g/mol. The zero-order valence-electron chi connectivity index (χ0n) is 10.2. The molecule has 0 aromatic carbocycles. The fraction of sp³-hybridized carbons (Fsp3) is 0.818. The van der Waals surface area contributed by atoms with Gasteiger partial charge in [0.05, 0.1) is 5.92 Å². The zero-order valence-corrected chi connectivity index (χ0v) is 10.2. The molecule has 0 spiro atoms. The lowest BCUT2D eigenvalue weighted by molar-refractivity contribution is 0.334. The summed E-state index contributed by atoms with van der Waals surface area (Å²) in [6.45, 7) is 5.17. The van der Waals surface area contributed by atoms with E-state index in [1.165, 1.54) is 0 Å². The van der Waals surface area contributed by atoms with Crippen molar-refractivity contribution in [3.8, 4) is 0 Å². The summed E-state index contributed by atoms with van der Waals surface area (Å²) in [6, 6.07) is 0. The van der Waals surface area contributed by atoms with Crippen molar-refractivity contribution in [3.63, 3.8) is 0 Å². The van der Waals surface area contributed by atoms with Crippen LogP contribution < -0.4 is 5.32 Å². The molecule has 5 nitrogen and oxygen atoms in total. The molecular formula is C11H20N4O. The van der Waals surface area contributed by atoms with E-state index >= 15 is 0 Å². The third-order valence-corrected chi connectivity index (χ3v) is 3.10. The van der Waals surface area contributed by atoms with Crippen LogP contribution in [0.3, 0.4) is 0 Å². The SMILES string of the molecule is CC1CNCC1c1nc(CCN(C)C)no1. The molecule has 1 aromatic rings. The smallest absolute Gasteiger partial charge is 0.231 e. The molecule has 0 saturated carbocycles. The molecule has 1 saturated heterocycles. The summed E-state index contributed by atoms with van der Waals surface area (Å²) in [5.41, 5.74) is 0. The van der Waals surface area contributed by atoms with Gasteiger partial charge in [-0.15, -0.1) is 0 Å². The topological polar surface area (TPSA) is 54.2 Å². The number of nitrogens with zero attached hydrogens (tertiary/aromatic N) is 3. The van der Waals surface area contributed by atoms with E-state index in [2.05, 4.69) is 27.3 Å². The first-order chi connectivity index (χ1) is 7.66. The van der Waals surface area contributed by atoms with Crippen LogP contribution in [0.2, 0.25) is 0 Å². The number of rotatable bonds is 4. The Morgan fingerprint density at radius 1 is 1.44 bits per heavy atom. The van der Waals surface area contributed by atoms with Crippen molar-refractivity contribution < 1.29 is 4.52 Å². The van der Waals surface area contributed by atoms with Crippen LogP contribution in [0.15, 0.2) is 4.52 Å². The van der Waals surface area contributed by atoms with Crippen molar-refractivity contribution in [3.05, 3.63) is 11.7 Å². The van der Waals surface area contributed by atoms with Crippen molar-refractivity contribution in [2.75, 3.05) is 33.7 Å². The zero-order chi connectivity index (χ0) is 11.5. The van der Waals surface area contributed by atoms with Crippen LogP contribution in [-0.2, 0) is 6.42 Å². The van der Waals surface area contributed by atoms with Crippen molar-refractivity contribution in [2.45, 2.75) is 19.3 Å². The summed E-state index contributed by atoms with van der Waals surface area (Å²) < 4.78 is 5.33. The summed E-state index contributed by atoms with van der Waals surface area (Å²) in [5, 5.41) is 7.37. The molecule has 2 atom stereocenters. The number of aromatic nitrogens is 2. The lowest BCUT2D eigenvalue weighted by atomic mass is 9.98. The van der Waals surface area contributed by atoms with Gasteiger partial charge in [-0.2, -0.15) is 4.98 Å². The van der Waals surface area contributed by atoms with Gasteiger partial charge in [0.1, 0.15) is 0 Å². The molecule has 1 aliphatic heterocycles. The van der Waals surface area contributed by atoms with Gasteiger partial charge in [0, 0.05) is 19.5 Å². The summed E-state index contributed by atoms with van der Waals surface area (Å²) in [7, 11) is 4.09. The molecule has 2 rings (SSSR count). The molecule has 2 unspecified atom stereocenters. The largest absolute Gasteiger partial charge is 0.339 e. The Kier molecular flexibility index (Phi) is 3.56. The molecule has 2 heterocycles. The Morgan fingerprint density at radius 3 is 2.88 bits per heavy atom. The molecule has 5 heteroatoms. The fourth-order valence-electron chi connectivity index (χ4n) is 1.98. The van der Waals surface area contributed by atoms with E-state index < -0.39 is 0 Å². The highest BCUT2D eigenvalue weighted by molar-refractivity contribution is 5.01. The Hall–Kier alpha value is -0.940. The Morgan fingerprint density at radius 2 is 2.25 bits per heavy atom. The van der Waals surface area contributed by atoms with E-state index in [9.17, 15) is 0 Å². The van der Waals surface area contributed by atoms with E-state index in [0.717, 1.165) is 37.8 Å². The normalized spacial score (nSPS) is 25.5. The maximum atomic E-state index is 5.33. The third kappa shape index (κ3) is 2.59. The van der Waals surface area contributed by atoms with Crippen molar-refractivity contribution in [2.24, 2.45) is 5.92 Å². The number of nitrogens with one attached hydrogen (secondary N) is 1. The van der Waals surface area contributed by atoms with Crippen LogP contribution in [0.1, 0.15) is 24.6 Å². The first kappa shape index (κ1) is 11.5.